The highest BCUT2D eigenvalue weighted by Gasteiger charge is 2.54. The van der Waals surface area contributed by atoms with Crippen molar-refractivity contribution in [1.82, 2.24) is 15.2 Å². The summed E-state index contributed by atoms with van der Waals surface area (Å²) in [7, 11) is 0. The fourth-order valence-corrected chi connectivity index (χ4v) is 6.60. The molecular formula is C23H22N4O7S3. The number of esters is 2. The molecule has 3 atom stereocenters. The quantitative estimate of drug-likeness (QED) is 0.259. The molecule has 0 aliphatic carbocycles. The SMILES string of the molecule is CC(=O)OCOC(=O)C1=C(CSC(=O)c2nccs2)CS[C@@H]2C(NC(=O)[C@H](N)c3ccccc3)C(=O)N12. The van der Waals surface area contributed by atoms with Gasteiger partial charge in [0.05, 0.1) is 0 Å². The summed E-state index contributed by atoms with van der Waals surface area (Å²) in [6.07, 6.45) is 1.52. The number of fused-ring (bicyclic) bond motifs is 1. The van der Waals surface area contributed by atoms with Crippen LogP contribution in [0.2, 0.25) is 0 Å². The van der Waals surface area contributed by atoms with E-state index in [4.69, 9.17) is 10.5 Å². The number of rotatable bonds is 9. The monoisotopic (exact) mass is 562 g/mol. The summed E-state index contributed by atoms with van der Waals surface area (Å²) in [5.74, 6) is -2.12. The van der Waals surface area contributed by atoms with Gasteiger partial charge < -0.3 is 20.5 Å². The van der Waals surface area contributed by atoms with Crippen molar-refractivity contribution in [3.05, 3.63) is 63.7 Å². The number of carbonyl (C=O) groups is 5. The standard InChI is InChI=1S/C23H22N4O7S3/c1-12(28)33-11-34-22(31)17-14(10-37-23(32)19-25-7-8-35-19)9-36-21-16(20(30)27(17)21)26-18(29)15(24)13-5-3-2-4-6-13/h2-8,15-16,21H,9-11,24H2,1H3,(H,26,29)/t15-,16?,21-/m1/s1. The molecule has 11 nitrogen and oxygen atoms in total. The van der Waals surface area contributed by atoms with Crippen LogP contribution < -0.4 is 11.1 Å². The summed E-state index contributed by atoms with van der Waals surface area (Å²) in [6.45, 7) is 0.543. The Hall–Kier alpha value is -3.20. The second-order valence-corrected chi connectivity index (χ2v) is 10.8. The van der Waals surface area contributed by atoms with Gasteiger partial charge in [-0.1, -0.05) is 42.1 Å². The number of nitrogens with two attached hydrogens (primary N) is 1. The lowest BCUT2D eigenvalue weighted by molar-refractivity contribution is -0.166. The van der Waals surface area contributed by atoms with Crippen molar-refractivity contribution in [2.45, 2.75) is 24.4 Å². The summed E-state index contributed by atoms with van der Waals surface area (Å²) < 4.78 is 9.74. The second-order valence-electron chi connectivity index (χ2n) is 7.84. The largest absolute Gasteiger partial charge is 0.428 e. The van der Waals surface area contributed by atoms with Crippen molar-refractivity contribution in [2.24, 2.45) is 5.73 Å². The third-order valence-corrected chi connectivity index (χ3v) is 8.61. The van der Waals surface area contributed by atoms with E-state index >= 15 is 0 Å². The molecule has 1 aromatic heterocycles. The fourth-order valence-electron chi connectivity index (χ4n) is 3.61. The van der Waals surface area contributed by atoms with Gasteiger partial charge in [-0.05, 0) is 11.1 Å². The maximum atomic E-state index is 13.1. The van der Waals surface area contributed by atoms with Crippen LogP contribution in [0.4, 0.5) is 0 Å². The van der Waals surface area contributed by atoms with Crippen LogP contribution in [0.25, 0.3) is 0 Å². The third-order valence-electron chi connectivity index (χ3n) is 5.42. The van der Waals surface area contributed by atoms with Crippen molar-refractivity contribution in [2.75, 3.05) is 18.3 Å². The van der Waals surface area contributed by atoms with Crippen molar-refractivity contribution >= 4 is 63.7 Å². The van der Waals surface area contributed by atoms with Crippen molar-refractivity contribution in [3.63, 3.8) is 0 Å². The van der Waals surface area contributed by atoms with Crippen LogP contribution >= 0.6 is 34.9 Å². The molecule has 2 aliphatic heterocycles. The molecule has 0 radical (unpaired) electrons. The molecule has 0 bridgehead atoms. The predicted octanol–water partition coefficient (Wildman–Crippen LogP) is 1.43. The number of nitrogens with one attached hydrogen (secondary N) is 1. The highest BCUT2D eigenvalue weighted by molar-refractivity contribution is 8.14. The van der Waals surface area contributed by atoms with E-state index in [1.54, 1.807) is 35.7 Å². The average Bonchev–Trinajstić information content (AvgIpc) is 3.44. The van der Waals surface area contributed by atoms with Crippen LogP contribution in [0.1, 0.15) is 28.3 Å². The van der Waals surface area contributed by atoms with Gasteiger partial charge in [-0.25, -0.2) is 9.78 Å². The van der Waals surface area contributed by atoms with Gasteiger partial charge in [0.2, 0.25) is 17.8 Å². The summed E-state index contributed by atoms with van der Waals surface area (Å²) in [4.78, 5) is 67.5. The molecule has 0 saturated carbocycles. The van der Waals surface area contributed by atoms with Crippen molar-refractivity contribution in [1.29, 1.82) is 0 Å². The first-order valence-corrected chi connectivity index (χ1v) is 13.8. The number of thioether (sulfide) groups is 2. The lowest BCUT2D eigenvalue weighted by Crippen LogP contribution is -2.71. The average molecular weight is 563 g/mol. The topological polar surface area (TPSA) is 158 Å². The molecule has 1 aromatic carbocycles. The van der Waals surface area contributed by atoms with Gasteiger partial charge in [0.25, 0.3) is 5.91 Å². The molecule has 3 heterocycles. The molecule has 14 heteroatoms. The molecule has 3 N–H and O–H groups in total. The highest BCUT2D eigenvalue weighted by atomic mass is 32.2. The Balaban J connectivity index is 1.49. The first kappa shape index (κ1) is 26.9. The van der Waals surface area contributed by atoms with Gasteiger partial charge in [-0.3, -0.25) is 24.1 Å². The minimum Gasteiger partial charge on any atom is -0.428 e. The number of hydrogen-bond donors (Lipinski definition) is 2. The van der Waals surface area contributed by atoms with Gasteiger partial charge in [0.15, 0.2) is 5.01 Å². The summed E-state index contributed by atoms with van der Waals surface area (Å²) in [6, 6.07) is 6.88. The Morgan fingerprint density at radius 3 is 2.68 bits per heavy atom. The Labute approximate surface area is 224 Å². The molecule has 194 valence electrons. The smallest absolute Gasteiger partial charge is 0.357 e. The predicted molar refractivity (Wildman–Crippen MR) is 137 cm³/mol. The molecule has 2 aromatic rings. The summed E-state index contributed by atoms with van der Waals surface area (Å²) in [5.41, 5.74) is 7.13. The van der Waals surface area contributed by atoms with Gasteiger partial charge >= 0.3 is 11.9 Å². The van der Waals surface area contributed by atoms with Crippen LogP contribution in [0.15, 0.2) is 53.2 Å². The number of aromatic nitrogens is 1. The van der Waals surface area contributed by atoms with Gasteiger partial charge in [0.1, 0.15) is 23.2 Å². The van der Waals surface area contributed by atoms with E-state index in [0.29, 0.717) is 21.9 Å². The molecule has 2 aliphatic rings. The molecular weight excluding hydrogens is 540 g/mol. The number of amides is 2. The first-order valence-electron chi connectivity index (χ1n) is 10.9. The maximum Gasteiger partial charge on any atom is 0.357 e. The van der Waals surface area contributed by atoms with Crippen LogP contribution in [-0.2, 0) is 28.7 Å². The van der Waals surface area contributed by atoms with E-state index in [1.165, 1.54) is 41.1 Å². The molecule has 1 unspecified atom stereocenters. The number of thiazole rings is 1. The normalized spacial score (nSPS) is 19.4. The molecule has 1 saturated heterocycles. The zero-order valence-electron chi connectivity index (χ0n) is 19.4. The fraction of sp³-hybridized carbons (Fsp3) is 0.304. The molecule has 4 rings (SSSR count). The summed E-state index contributed by atoms with van der Waals surface area (Å²) in [5, 5.41) is 3.85. The number of carbonyl (C=O) groups excluding carboxylic acids is 5. The van der Waals surface area contributed by atoms with Gasteiger partial charge in [-0.2, -0.15) is 0 Å². The number of nitrogens with zero attached hydrogens (tertiary/aromatic N) is 2. The van der Waals surface area contributed by atoms with E-state index in [-0.39, 0.29) is 16.6 Å². The van der Waals surface area contributed by atoms with Crippen LogP contribution in [0.3, 0.4) is 0 Å². The van der Waals surface area contributed by atoms with E-state index in [0.717, 1.165) is 11.8 Å². The van der Waals surface area contributed by atoms with Gasteiger partial charge in [0, 0.05) is 30.0 Å². The van der Waals surface area contributed by atoms with E-state index < -0.39 is 48.0 Å². The Kier molecular flexibility index (Phi) is 8.63. The zero-order chi connectivity index (χ0) is 26.5. The number of β-lactam (4-membered cyclic amide) rings is 1. The Bertz CT molecular complexity index is 1240. The van der Waals surface area contributed by atoms with E-state index in [2.05, 4.69) is 15.0 Å². The first-order chi connectivity index (χ1) is 17.8. The minimum atomic E-state index is -0.968. The number of ether oxygens (including phenoxy) is 2. The van der Waals surface area contributed by atoms with E-state index in [9.17, 15) is 24.0 Å². The Morgan fingerprint density at radius 2 is 2.00 bits per heavy atom. The van der Waals surface area contributed by atoms with Crippen LogP contribution in [0.5, 0.6) is 0 Å². The summed E-state index contributed by atoms with van der Waals surface area (Å²) >= 11 is 3.49. The second kappa shape index (κ2) is 11.9. The van der Waals surface area contributed by atoms with E-state index in [1.807, 2.05) is 0 Å². The van der Waals surface area contributed by atoms with Crippen molar-refractivity contribution in [3.8, 4) is 0 Å². The molecule has 0 spiro atoms. The molecule has 37 heavy (non-hydrogen) atoms. The minimum absolute atomic E-state index is 0.0294. The molecule has 2 amide bonds. The Morgan fingerprint density at radius 1 is 1.24 bits per heavy atom. The van der Waals surface area contributed by atoms with Gasteiger partial charge in [-0.15, -0.1) is 23.1 Å². The number of hydrogen-bond acceptors (Lipinski definition) is 12. The number of benzene rings is 1. The lowest BCUT2D eigenvalue weighted by Gasteiger charge is -2.49. The lowest BCUT2D eigenvalue weighted by atomic mass is 10.0. The molecule has 1 fully saturated rings. The van der Waals surface area contributed by atoms with Crippen LogP contribution in [-0.4, -0.2) is 68.5 Å². The van der Waals surface area contributed by atoms with Crippen molar-refractivity contribution < 1.29 is 33.4 Å². The zero-order valence-corrected chi connectivity index (χ0v) is 21.9. The maximum absolute atomic E-state index is 13.1. The highest BCUT2D eigenvalue weighted by Crippen LogP contribution is 2.41. The van der Waals surface area contributed by atoms with Crippen LogP contribution in [0, 0.1) is 0 Å². The third kappa shape index (κ3) is 6.04.